The molecule has 1 N–H and O–H groups in total. The molecule has 1 unspecified atom stereocenters. The lowest BCUT2D eigenvalue weighted by Crippen LogP contribution is -2.33. The van der Waals surface area contributed by atoms with Crippen LogP contribution < -0.4 is 10.1 Å². The molecule has 102 valence electrons. The van der Waals surface area contributed by atoms with Gasteiger partial charge in [0.05, 0.1) is 13.7 Å². The number of carbonyl (C=O) groups is 2. The number of esters is 1. The van der Waals surface area contributed by atoms with E-state index in [0.717, 1.165) is 17.7 Å². The number of rotatable bonds is 4. The molecule has 1 aliphatic rings. The lowest BCUT2D eigenvalue weighted by atomic mass is 10.1. The van der Waals surface area contributed by atoms with E-state index in [0.29, 0.717) is 12.2 Å². The number of hydrogen-bond donors (Lipinski definition) is 1. The van der Waals surface area contributed by atoms with Crippen LogP contribution in [0.3, 0.4) is 0 Å². The van der Waals surface area contributed by atoms with Crippen LogP contribution in [0.15, 0.2) is 18.2 Å². The molecule has 0 spiro atoms. The average molecular weight is 375 g/mol. The van der Waals surface area contributed by atoms with Gasteiger partial charge in [0.15, 0.2) is 0 Å². The Hall–Kier alpha value is -1.31. The zero-order chi connectivity index (χ0) is 13.8. The smallest absolute Gasteiger partial charge is 0.320 e. The molecule has 5 nitrogen and oxygen atoms in total. The highest BCUT2D eigenvalue weighted by Gasteiger charge is 2.18. The van der Waals surface area contributed by atoms with Crippen molar-refractivity contribution in [3.05, 3.63) is 29.3 Å². The number of alkyl halides is 1. The Labute approximate surface area is 124 Å². The molecule has 0 bridgehead atoms. The summed E-state index contributed by atoms with van der Waals surface area (Å²) in [5, 5.41) is 2.72. The van der Waals surface area contributed by atoms with Gasteiger partial charge in [-0.3, -0.25) is 9.59 Å². The Morgan fingerprint density at radius 1 is 1.53 bits per heavy atom. The lowest BCUT2D eigenvalue weighted by molar-refractivity contribution is -0.139. The van der Waals surface area contributed by atoms with Crippen molar-refractivity contribution < 1.29 is 19.1 Å². The summed E-state index contributed by atoms with van der Waals surface area (Å²) in [6, 6.07) is 5.36. The van der Waals surface area contributed by atoms with Gasteiger partial charge in [0, 0.05) is 18.5 Å². The molecular formula is C13H14INO4. The molecular weight excluding hydrogens is 361 g/mol. The highest BCUT2D eigenvalue weighted by atomic mass is 127. The van der Waals surface area contributed by atoms with Crippen LogP contribution in [0.2, 0.25) is 0 Å². The minimum atomic E-state index is -0.385. The molecule has 1 amide bonds. The maximum Gasteiger partial charge on any atom is 0.320 e. The third-order valence-corrected chi connectivity index (χ3v) is 3.80. The van der Waals surface area contributed by atoms with Crippen molar-refractivity contribution in [2.75, 3.05) is 20.3 Å². The molecule has 0 radical (unpaired) electrons. The first kappa shape index (κ1) is 14.1. The Bertz CT molecular complexity index is 503. The molecule has 0 saturated carbocycles. The summed E-state index contributed by atoms with van der Waals surface area (Å²) in [5.41, 5.74) is 1.63. The van der Waals surface area contributed by atoms with Gasteiger partial charge in [-0.1, -0.05) is 22.6 Å². The van der Waals surface area contributed by atoms with Crippen LogP contribution in [0.1, 0.15) is 15.9 Å². The van der Waals surface area contributed by atoms with Crippen molar-refractivity contribution in [2.45, 2.75) is 10.3 Å². The van der Waals surface area contributed by atoms with Gasteiger partial charge < -0.3 is 14.8 Å². The van der Waals surface area contributed by atoms with Gasteiger partial charge in [0.1, 0.15) is 9.67 Å². The van der Waals surface area contributed by atoms with Crippen LogP contribution in [0.25, 0.3) is 0 Å². The quantitative estimate of drug-likeness (QED) is 0.490. The highest BCUT2D eigenvalue weighted by Crippen LogP contribution is 2.25. The number of amides is 1. The van der Waals surface area contributed by atoms with E-state index in [9.17, 15) is 9.59 Å². The number of halogens is 1. The second kappa shape index (κ2) is 6.23. The van der Waals surface area contributed by atoms with Crippen LogP contribution in [-0.4, -0.2) is 36.1 Å². The SMILES string of the molecule is COC(=O)C(I)CNC(=O)c1ccc2c(c1)CCO2. The zero-order valence-corrected chi connectivity index (χ0v) is 12.6. The van der Waals surface area contributed by atoms with E-state index in [4.69, 9.17) is 4.74 Å². The van der Waals surface area contributed by atoms with Crippen molar-refractivity contribution in [1.82, 2.24) is 5.32 Å². The second-order valence-electron chi connectivity index (χ2n) is 4.12. The predicted molar refractivity (Wildman–Crippen MR) is 77.8 cm³/mol. The number of methoxy groups -OCH3 is 1. The molecule has 2 rings (SSSR count). The fraction of sp³-hybridized carbons (Fsp3) is 0.385. The second-order valence-corrected chi connectivity index (χ2v) is 5.63. The van der Waals surface area contributed by atoms with Crippen LogP contribution in [0.4, 0.5) is 0 Å². The molecule has 1 atom stereocenters. The molecule has 0 aliphatic carbocycles. The van der Waals surface area contributed by atoms with Gasteiger partial charge in [-0.2, -0.15) is 0 Å². The molecule has 1 aliphatic heterocycles. The summed E-state index contributed by atoms with van der Waals surface area (Å²) in [4.78, 5) is 23.2. The van der Waals surface area contributed by atoms with Crippen molar-refractivity contribution in [1.29, 1.82) is 0 Å². The maximum absolute atomic E-state index is 12.0. The van der Waals surface area contributed by atoms with Gasteiger partial charge in [-0.25, -0.2) is 0 Å². The Balaban J connectivity index is 1.95. The molecule has 1 heterocycles. The topological polar surface area (TPSA) is 64.6 Å². The van der Waals surface area contributed by atoms with Crippen LogP contribution in [0, 0.1) is 0 Å². The molecule has 0 aromatic heterocycles. The normalized spacial score (nSPS) is 14.2. The molecule has 1 aromatic carbocycles. The fourth-order valence-corrected chi connectivity index (χ4v) is 2.30. The van der Waals surface area contributed by atoms with Gasteiger partial charge in [0.2, 0.25) is 0 Å². The number of carbonyl (C=O) groups excluding carboxylic acids is 2. The van der Waals surface area contributed by atoms with Crippen LogP contribution in [0.5, 0.6) is 5.75 Å². The molecule has 1 aromatic rings. The van der Waals surface area contributed by atoms with Crippen molar-refractivity contribution in [3.63, 3.8) is 0 Å². The molecule has 0 saturated heterocycles. The summed E-state index contributed by atoms with van der Waals surface area (Å²) >= 11 is 1.94. The number of hydrogen-bond acceptors (Lipinski definition) is 4. The van der Waals surface area contributed by atoms with E-state index < -0.39 is 0 Å². The number of ether oxygens (including phenoxy) is 2. The number of nitrogens with one attached hydrogen (secondary N) is 1. The van der Waals surface area contributed by atoms with E-state index in [-0.39, 0.29) is 22.3 Å². The first-order valence-corrected chi connectivity index (χ1v) is 7.12. The standard InChI is InChI=1S/C13H14INO4/c1-18-13(17)10(14)7-15-12(16)9-2-3-11-8(6-9)4-5-19-11/h2-3,6,10H,4-5,7H2,1H3,(H,15,16). The average Bonchev–Trinajstić information content (AvgIpc) is 2.90. The van der Waals surface area contributed by atoms with Gasteiger partial charge in [0.25, 0.3) is 5.91 Å². The molecule has 19 heavy (non-hydrogen) atoms. The summed E-state index contributed by atoms with van der Waals surface area (Å²) < 4.78 is 9.59. The summed E-state index contributed by atoms with van der Waals surface area (Å²) in [6.07, 6.45) is 0.827. The van der Waals surface area contributed by atoms with E-state index >= 15 is 0 Å². The van der Waals surface area contributed by atoms with E-state index in [1.807, 2.05) is 28.7 Å². The van der Waals surface area contributed by atoms with Gasteiger partial charge in [-0.05, 0) is 23.8 Å². The first-order chi connectivity index (χ1) is 9.11. The monoisotopic (exact) mass is 375 g/mol. The molecule has 6 heteroatoms. The number of fused-ring (bicyclic) bond motifs is 1. The minimum Gasteiger partial charge on any atom is -0.493 e. The largest absolute Gasteiger partial charge is 0.493 e. The zero-order valence-electron chi connectivity index (χ0n) is 10.4. The van der Waals surface area contributed by atoms with Crippen LogP contribution >= 0.6 is 22.6 Å². The van der Waals surface area contributed by atoms with Crippen LogP contribution in [-0.2, 0) is 16.0 Å². The Morgan fingerprint density at radius 2 is 2.32 bits per heavy atom. The highest BCUT2D eigenvalue weighted by molar-refractivity contribution is 14.1. The fourth-order valence-electron chi connectivity index (χ4n) is 1.82. The third kappa shape index (κ3) is 3.37. The van der Waals surface area contributed by atoms with Gasteiger partial charge >= 0.3 is 5.97 Å². The van der Waals surface area contributed by atoms with Crippen molar-refractivity contribution in [3.8, 4) is 5.75 Å². The Morgan fingerprint density at radius 3 is 3.05 bits per heavy atom. The van der Waals surface area contributed by atoms with E-state index in [1.165, 1.54) is 7.11 Å². The van der Waals surface area contributed by atoms with Gasteiger partial charge in [-0.15, -0.1) is 0 Å². The summed E-state index contributed by atoms with van der Waals surface area (Å²) in [7, 11) is 1.33. The predicted octanol–water partition coefficient (Wildman–Crippen LogP) is 1.33. The van der Waals surface area contributed by atoms with Crippen molar-refractivity contribution >= 4 is 34.5 Å². The van der Waals surface area contributed by atoms with Crippen molar-refractivity contribution in [2.24, 2.45) is 0 Å². The summed E-state index contributed by atoms with van der Waals surface area (Å²) in [5.74, 6) is 0.307. The first-order valence-electron chi connectivity index (χ1n) is 5.87. The molecule has 0 fully saturated rings. The number of benzene rings is 1. The summed E-state index contributed by atoms with van der Waals surface area (Å²) in [6.45, 7) is 0.915. The third-order valence-electron chi connectivity index (χ3n) is 2.85. The lowest BCUT2D eigenvalue weighted by Gasteiger charge is -2.09. The minimum absolute atomic E-state index is 0.194. The maximum atomic E-state index is 12.0. The van der Waals surface area contributed by atoms with E-state index in [2.05, 4.69) is 10.1 Å². The Kier molecular flexibility index (Phi) is 4.62. The van der Waals surface area contributed by atoms with E-state index in [1.54, 1.807) is 12.1 Å².